The molecule has 2 N–H and O–H groups in total. The van der Waals surface area contributed by atoms with E-state index in [-0.39, 0.29) is 18.1 Å². The summed E-state index contributed by atoms with van der Waals surface area (Å²) < 4.78 is 0. The quantitative estimate of drug-likeness (QED) is 0.773. The van der Waals surface area contributed by atoms with Crippen molar-refractivity contribution in [2.45, 2.75) is 32.2 Å². The second-order valence-corrected chi connectivity index (χ2v) is 4.71. The molecule has 1 atom stereocenters. The van der Waals surface area contributed by atoms with Gasteiger partial charge < -0.3 is 10.4 Å². The van der Waals surface area contributed by atoms with Gasteiger partial charge in [-0.3, -0.25) is 0 Å². The lowest BCUT2D eigenvalue weighted by Crippen LogP contribution is -2.39. The van der Waals surface area contributed by atoms with Crippen LogP contribution in [0.3, 0.4) is 0 Å². The van der Waals surface area contributed by atoms with Gasteiger partial charge in [-0.05, 0) is 12.5 Å². The molecule has 0 radical (unpaired) electrons. The highest BCUT2D eigenvalue weighted by Gasteiger charge is 2.20. The topological polar surface area (TPSA) is 32.3 Å². The van der Waals surface area contributed by atoms with Crippen LogP contribution in [0, 0.1) is 0 Å². The van der Waals surface area contributed by atoms with Gasteiger partial charge in [0.15, 0.2) is 0 Å². The van der Waals surface area contributed by atoms with Crippen LogP contribution in [0.2, 0.25) is 0 Å². The first-order valence-electron chi connectivity index (χ1n) is 5.46. The second kappa shape index (κ2) is 5.29. The highest BCUT2D eigenvalue weighted by molar-refractivity contribution is 5.23. The Morgan fingerprint density at radius 1 is 1.27 bits per heavy atom. The number of rotatable bonds is 5. The van der Waals surface area contributed by atoms with Gasteiger partial charge in [0.1, 0.15) is 0 Å². The molecule has 15 heavy (non-hydrogen) atoms. The third kappa shape index (κ3) is 3.65. The standard InChI is InChI=1S/C13H21NO/c1-11(9-15)14-10-13(2,3)12-7-5-4-6-8-12/h4-8,11,14-15H,9-10H2,1-3H3/t11-/m1/s1. The van der Waals surface area contributed by atoms with Crippen molar-refractivity contribution in [1.82, 2.24) is 5.32 Å². The summed E-state index contributed by atoms with van der Waals surface area (Å²) in [6, 6.07) is 10.6. The summed E-state index contributed by atoms with van der Waals surface area (Å²) in [5.41, 5.74) is 1.42. The monoisotopic (exact) mass is 207 g/mol. The average molecular weight is 207 g/mol. The zero-order valence-corrected chi connectivity index (χ0v) is 9.83. The fourth-order valence-electron chi connectivity index (χ4n) is 1.49. The summed E-state index contributed by atoms with van der Waals surface area (Å²) in [4.78, 5) is 0. The number of hydrogen-bond donors (Lipinski definition) is 2. The molecule has 0 amide bonds. The molecule has 0 fully saturated rings. The van der Waals surface area contributed by atoms with Crippen molar-refractivity contribution >= 4 is 0 Å². The van der Waals surface area contributed by atoms with Gasteiger partial charge in [-0.15, -0.1) is 0 Å². The van der Waals surface area contributed by atoms with E-state index in [0.717, 1.165) is 6.54 Å². The van der Waals surface area contributed by atoms with Crippen LogP contribution in [-0.4, -0.2) is 24.3 Å². The normalized spacial score (nSPS) is 13.9. The maximum absolute atomic E-state index is 8.94. The summed E-state index contributed by atoms with van der Waals surface area (Å²) in [7, 11) is 0. The Hall–Kier alpha value is -0.860. The van der Waals surface area contributed by atoms with Gasteiger partial charge in [0.25, 0.3) is 0 Å². The van der Waals surface area contributed by atoms with E-state index in [4.69, 9.17) is 5.11 Å². The van der Waals surface area contributed by atoms with Crippen molar-refractivity contribution < 1.29 is 5.11 Å². The minimum absolute atomic E-state index is 0.102. The minimum atomic E-state index is 0.102. The number of nitrogens with one attached hydrogen (secondary N) is 1. The maximum atomic E-state index is 8.94. The van der Waals surface area contributed by atoms with Crippen LogP contribution < -0.4 is 5.32 Å². The third-order valence-electron chi connectivity index (χ3n) is 2.72. The van der Waals surface area contributed by atoms with Crippen molar-refractivity contribution in [2.24, 2.45) is 0 Å². The first-order valence-corrected chi connectivity index (χ1v) is 5.46. The van der Waals surface area contributed by atoms with Gasteiger partial charge in [0.05, 0.1) is 6.61 Å². The van der Waals surface area contributed by atoms with E-state index < -0.39 is 0 Å². The Labute approximate surface area is 92.3 Å². The lowest BCUT2D eigenvalue weighted by molar-refractivity contribution is 0.245. The smallest absolute Gasteiger partial charge is 0.0581 e. The highest BCUT2D eigenvalue weighted by Crippen LogP contribution is 2.21. The number of aliphatic hydroxyl groups excluding tert-OH is 1. The van der Waals surface area contributed by atoms with Crippen LogP contribution in [0.5, 0.6) is 0 Å². The zero-order chi connectivity index (χ0) is 11.3. The van der Waals surface area contributed by atoms with Crippen LogP contribution in [0.4, 0.5) is 0 Å². The van der Waals surface area contributed by atoms with Gasteiger partial charge in [-0.1, -0.05) is 44.2 Å². The molecule has 2 heteroatoms. The number of benzene rings is 1. The highest BCUT2D eigenvalue weighted by atomic mass is 16.3. The molecular weight excluding hydrogens is 186 g/mol. The molecular formula is C13H21NO. The van der Waals surface area contributed by atoms with Crippen LogP contribution >= 0.6 is 0 Å². The average Bonchev–Trinajstić information content (AvgIpc) is 2.27. The lowest BCUT2D eigenvalue weighted by atomic mass is 9.84. The summed E-state index contributed by atoms with van der Waals surface area (Å²) in [6.45, 7) is 7.46. The lowest BCUT2D eigenvalue weighted by Gasteiger charge is -2.27. The number of hydrogen-bond acceptors (Lipinski definition) is 2. The van der Waals surface area contributed by atoms with Gasteiger partial charge in [0.2, 0.25) is 0 Å². The molecule has 0 bridgehead atoms. The van der Waals surface area contributed by atoms with Crippen LogP contribution in [-0.2, 0) is 5.41 Å². The molecule has 0 unspecified atom stereocenters. The molecule has 0 aliphatic rings. The van der Waals surface area contributed by atoms with E-state index in [0.29, 0.717) is 0 Å². The Balaban J connectivity index is 2.59. The van der Waals surface area contributed by atoms with E-state index in [9.17, 15) is 0 Å². The Kier molecular flexibility index (Phi) is 4.30. The van der Waals surface area contributed by atoms with Crippen molar-refractivity contribution in [3.05, 3.63) is 35.9 Å². The molecule has 2 nitrogen and oxygen atoms in total. The summed E-state index contributed by atoms with van der Waals surface area (Å²) in [5, 5.41) is 12.3. The fraction of sp³-hybridized carbons (Fsp3) is 0.538. The molecule has 0 aliphatic carbocycles. The predicted molar refractivity (Wildman–Crippen MR) is 64.0 cm³/mol. The Morgan fingerprint density at radius 2 is 1.87 bits per heavy atom. The molecule has 0 aliphatic heterocycles. The van der Waals surface area contributed by atoms with Crippen molar-refractivity contribution in [1.29, 1.82) is 0 Å². The molecule has 84 valence electrons. The van der Waals surface area contributed by atoms with Gasteiger partial charge in [-0.2, -0.15) is 0 Å². The van der Waals surface area contributed by atoms with Crippen LogP contribution in [0.1, 0.15) is 26.3 Å². The molecule has 1 aromatic rings. The van der Waals surface area contributed by atoms with E-state index in [1.807, 2.05) is 13.0 Å². The van der Waals surface area contributed by atoms with Crippen molar-refractivity contribution in [2.75, 3.05) is 13.2 Å². The first kappa shape index (κ1) is 12.2. The molecule has 1 rings (SSSR count). The zero-order valence-electron chi connectivity index (χ0n) is 9.83. The van der Waals surface area contributed by atoms with E-state index in [1.54, 1.807) is 0 Å². The van der Waals surface area contributed by atoms with E-state index >= 15 is 0 Å². The molecule has 0 spiro atoms. The maximum Gasteiger partial charge on any atom is 0.0581 e. The number of aliphatic hydroxyl groups is 1. The molecule has 0 saturated carbocycles. The summed E-state index contributed by atoms with van der Waals surface area (Å²) >= 11 is 0. The van der Waals surface area contributed by atoms with E-state index in [2.05, 4.69) is 43.4 Å². The van der Waals surface area contributed by atoms with Crippen LogP contribution in [0.15, 0.2) is 30.3 Å². The third-order valence-corrected chi connectivity index (χ3v) is 2.72. The predicted octanol–water partition coefficient (Wildman–Crippen LogP) is 1.93. The van der Waals surface area contributed by atoms with Crippen molar-refractivity contribution in [3.8, 4) is 0 Å². The Bertz CT molecular complexity index is 282. The van der Waals surface area contributed by atoms with Gasteiger partial charge >= 0.3 is 0 Å². The summed E-state index contributed by atoms with van der Waals surface area (Å²) in [6.07, 6.45) is 0. The SMILES string of the molecule is C[C@H](CO)NCC(C)(C)c1ccccc1. The first-order chi connectivity index (χ1) is 7.06. The second-order valence-electron chi connectivity index (χ2n) is 4.71. The minimum Gasteiger partial charge on any atom is -0.395 e. The molecule has 0 aromatic heterocycles. The molecule has 0 saturated heterocycles. The summed E-state index contributed by atoms with van der Waals surface area (Å²) in [5.74, 6) is 0. The molecule has 0 heterocycles. The van der Waals surface area contributed by atoms with E-state index in [1.165, 1.54) is 5.56 Å². The van der Waals surface area contributed by atoms with Gasteiger partial charge in [0, 0.05) is 18.0 Å². The largest absolute Gasteiger partial charge is 0.395 e. The van der Waals surface area contributed by atoms with Gasteiger partial charge in [-0.25, -0.2) is 0 Å². The Morgan fingerprint density at radius 3 is 2.40 bits per heavy atom. The van der Waals surface area contributed by atoms with Crippen LogP contribution in [0.25, 0.3) is 0 Å². The molecule has 1 aromatic carbocycles. The van der Waals surface area contributed by atoms with Crippen molar-refractivity contribution in [3.63, 3.8) is 0 Å². The fourth-order valence-corrected chi connectivity index (χ4v) is 1.49.